The number of carbonyl (C=O) groups excluding carboxylic acids is 1. The van der Waals surface area contributed by atoms with E-state index >= 15 is 0 Å². The van der Waals surface area contributed by atoms with Gasteiger partial charge < -0.3 is 14.4 Å². The van der Waals surface area contributed by atoms with E-state index in [1.807, 2.05) is 49.1 Å². The summed E-state index contributed by atoms with van der Waals surface area (Å²) in [6.07, 6.45) is 0. The molecule has 0 bridgehead atoms. The molecule has 150 valence electrons. The van der Waals surface area contributed by atoms with Crippen molar-refractivity contribution in [3.63, 3.8) is 0 Å². The van der Waals surface area contributed by atoms with Gasteiger partial charge in [-0.2, -0.15) is 5.10 Å². The summed E-state index contributed by atoms with van der Waals surface area (Å²) in [5.74, 6) is 1.25. The monoisotopic (exact) mass is 391 g/mol. The molecule has 4 rings (SSSR count). The van der Waals surface area contributed by atoms with Crippen molar-refractivity contribution in [1.82, 2.24) is 15.1 Å². The molecule has 0 saturated heterocycles. The third-order valence-corrected chi connectivity index (χ3v) is 5.41. The summed E-state index contributed by atoms with van der Waals surface area (Å²) in [4.78, 5) is 15.1. The molecular weight excluding hydrogens is 366 g/mol. The number of aromatic amines is 1. The first kappa shape index (κ1) is 19.1. The zero-order valence-electron chi connectivity index (χ0n) is 17.3. The second-order valence-electron chi connectivity index (χ2n) is 7.55. The minimum absolute atomic E-state index is 0.0206. The van der Waals surface area contributed by atoms with Gasteiger partial charge in [-0.1, -0.05) is 35.9 Å². The number of carbonyl (C=O) groups is 1. The topological polar surface area (TPSA) is 67.5 Å². The number of hydrogen-bond donors (Lipinski definition) is 1. The van der Waals surface area contributed by atoms with E-state index in [2.05, 4.69) is 29.3 Å². The number of rotatable bonds is 5. The fourth-order valence-electron chi connectivity index (χ4n) is 3.98. The van der Waals surface area contributed by atoms with Gasteiger partial charge in [-0.05, 0) is 38.5 Å². The fraction of sp³-hybridized carbons (Fsp3) is 0.304. The van der Waals surface area contributed by atoms with Crippen molar-refractivity contribution in [3.05, 3.63) is 64.8 Å². The standard InChI is InChI=1S/C23H25N3O3/c1-13(2)26-22(16-10-11-17(28-4)18(12-16)29-5)19-20(24-25-21(19)23(26)27)15-8-6-14(3)7-9-15/h6-13,22H,1-5H3,(H,24,25). The number of aromatic nitrogens is 2. The van der Waals surface area contributed by atoms with Gasteiger partial charge >= 0.3 is 0 Å². The van der Waals surface area contributed by atoms with Crippen molar-refractivity contribution < 1.29 is 14.3 Å². The molecule has 0 spiro atoms. The van der Waals surface area contributed by atoms with Gasteiger partial charge in [-0.3, -0.25) is 9.89 Å². The number of aryl methyl sites for hydroxylation is 1. The van der Waals surface area contributed by atoms with Crippen molar-refractivity contribution in [2.45, 2.75) is 32.9 Å². The van der Waals surface area contributed by atoms with Gasteiger partial charge in [0.05, 0.1) is 26.0 Å². The first-order valence-electron chi connectivity index (χ1n) is 9.66. The summed E-state index contributed by atoms with van der Waals surface area (Å²) >= 11 is 0. The molecule has 2 heterocycles. The molecule has 1 amide bonds. The Morgan fingerprint density at radius 2 is 1.72 bits per heavy atom. The maximum Gasteiger partial charge on any atom is 0.273 e. The Labute approximate surface area is 170 Å². The number of nitrogens with one attached hydrogen (secondary N) is 1. The van der Waals surface area contributed by atoms with E-state index in [1.165, 1.54) is 5.56 Å². The molecule has 0 fully saturated rings. The van der Waals surface area contributed by atoms with Crippen LogP contribution in [0.1, 0.15) is 47.1 Å². The SMILES string of the molecule is COc1ccc(C2c3c(-c4ccc(C)cc4)n[nH]c3C(=O)N2C(C)C)cc1OC. The highest BCUT2D eigenvalue weighted by atomic mass is 16.5. The Balaban J connectivity index is 1.91. The average Bonchev–Trinajstić information content (AvgIpc) is 3.27. The number of amides is 1. The lowest BCUT2D eigenvalue weighted by Gasteiger charge is -2.30. The molecule has 0 aliphatic carbocycles. The van der Waals surface area contributed by atoms with Crippen molar-refractivity contribution >= 4 is 5.91 Å². The van der Waals surface area contributed by atoms with E-state index in [1.54, 1.807) is 14.2 Å². The quantitative estimate of drug-likeness (QED) is 0.702. The van der Waals surface area contributed by atoms with E-state index in [9.17, 15) is 4.79 Å². The molecule has 0 saturated carbocycles. The maximum atomic E-state index is 13.2. The third-order valence-electron chi connectivity index (χ3n) is 5.41. The molecule has 6 heteroatoms. The highest BCUT2D eigenvalue weighted by molar-refractivity contribution is 6.00. The van der Waals surface area contributed by atoms with Gasteiger partial charge in [0.15, 0.2) is 11.5 Å². The fourth-order valence-corrected chi connectivity index (χ4v) is 3.98. The number of nitrogens with zero attached hydrogens (tertiary/aromatic N) is 2. The molecule has 3 aromatic rings. The van der Waals surface area contributed by atoms with Crippen molar-refractivity contribution in [3.8, 4) is 22.8 Å². The lowest BCUT2D eigenvalue weighted by molar-refractivity contribution is 0.0687. The number of benzene rings is 2. The molecular formula is C23H25N3O3. The molecule has 2 aromatic carbocycles. The van der Waals surface area contributed by atoms with E-state index in [4.69, 9.17) is 9.47 Å². The molecule has 1 N–H and O–H groups in total. The summed E-state index contributed by atoms with van der Waals surface area (Å²) in [5, 5.41) is 7.49. The summed E-state index contributed by atoms with van der Waals surface area (Å²) in [5.41, 5.74) is 5.37. The summed E-state index contributed by atoms with van der Waals surface area (Å²) in [6, 6.07) is 13.8. The second-order valence-corrected chi connectivity index (χ2v) is 7.55. The van der Waals surface area contributed by atoms with Crippen molar-refractivity contribution in [1.29, 1.82) is 0 Å². The van der Waals surface area contributed by atoms with Crippen LogP contribution in [-0.2, 0) is 0 Å². The Kier molecular flexibility index (Phi) is 4.78. The minimum Gasteiger partial charge on any atom is -0.493 e. The van der Waals surface area contributed by atoms with Gasteiger partial charge in [0.1, 0.15) is 5.69 Å². The first-order valence-corrected chi connectivity index (χ1v) is 9.66. The van der Waals surface area contributed by atoms with Crippen LogP contribution >= 0.6 is 0 Å². The molecule has 1 aromatic heterocycles. The van der Waals surface area contributed by atoms with Crippen LogP contribution in [0.25, 0.3) is 11.3 Å². The largest absolute Gasteiger partial charge is 0.493 e. The van der Waals surface area contributed by atoms with Crippen LogP contribution in [0.4, 0.5) is 0 Å². The molecule has 1 aliphatic rings. The summed E-state index contributed by atoms with van der Waals surface area (Å²) < 4.78 is 10.9. The maximum absolute atomic E-state index is 13.2. The highest BCUT2D eigenvalue weighted by Gasteiger charge is 2.43. The molecule has 1 unspecified atom stereocenters. The third kappa shape index (κ3) is 3.05. The number of hydrogen-bond acceptors (Lipinski definition) is 4. The van der Waals surface area contributed by atoms with Crippen molar-refractivity contribution in [2.75, 3.05) is 14.2 Å². The predicted molar refractivity (Wildman–Crippen MR) is 111 cm³/mol. The van der Waals surface area contributed by atoms with Crippen LogP contribution in [0.3, 0.4) is 0 Å². The Bertz CT molecular complexity index is 1050. The molecule has 29 heavy (non-hydrogen) atoms. The lowest BCUT2D eigenvalue weighted by atomic mass is 9.95. The zero-order chi connectivity index (χ0) is 20.7. The first-order chi connectivity index (χ1) is 14.0. The Morgan fingerprint density at radius 3 is 2.34 bits per heavy atom. The number of ether oxygens (including phenoxy) is 2. The van der Waals surface area contributed by atoms with Crippen LogP contribution in [0.5, 0.6) is 11.5 Å². The Morgan fingerprint density at radius 1 is 1.03 bits per heavy atom. The highest BCUT2D eigenvalue weighted by Crippen LogP contribution is 2.45. The van der Waals surface area contributed by atoms with Crippen LogP contribution in [0, 0.1) is 6.92 Å². The van der Waals surface area contributed by atoms with Gasteiger partial charge in [-0.15, -0.1) is 0 Å². The van der Waals surface area contributed by atoms with Crippen LogP contribution in [-0.4, -0.2) is 41.3 Å². The van der Waals surface area contributed by atoms with Gasteiger partial charge in [0, 0.05) is 17.2 Å². The van der Waals surface area contributed by atoms with Gasteiger partial charge in [0.2, 0.25) is 0 Å². The molecule has 1 aliphatic heterocycles. The second kappa shape index (κ2) is 7.28. The van der Waals surface area contributed by atoms with E-state index in [-0.39, 0.29) is 18.0 Å². The number of fused-ring (bicyclic) bond motifs is 1. The van der Waals surface area contributed by atoms with Crippen molar-refractivity contribution in [2.24, 2.45) is 0 Å². The Hall–Kier alpha value is -3.28. The van der Waals surface area contributed by atoms with Crippen LogP contribution in [0.2, 0.25) is 0 Å². The van der Waals surface area contributed by atoms with E-state index < -0.39 is 0 Å². The van der Waals surface area contributed by atoms with E-state index in [0.29, 0.717) is 17.2 Å². The number of H-pyrrole nitrogens is 1. The normalized spacial score (nSPS) is 15.7. The summed E-state index contributed by atoms with van der Waals surface area (Å²) in [6.45, 7) is 6.10. The smallest absolute Gasteiger partial charge is 0.273 e. The molecule has 1 atom stereocenters. The van der Waals surface area contributed by atoms with Crippen LogP contribution in [0.15, 0.2) is 42.5 Å². The van der Waals surface area contributed by atoms with Crippen LogP contribution < -0.4 is 9.47 Å². The number of methoxy groups -OCH3 is 2. The van der Waals surface area contributed by atoms with Gasteiger partial charge in [0.25, 0.3) is 5.91 Å². The summed E-state index contributed by atoms with van der Waals surface area (Å²) in [7, 11) is 3.23. The molecule has 6 nitrogen and oxygen atoms in total. The average molecular weight is 391 g/mol. The minimum atomic E-state index is -0.257. The lowest BCUT2D eigenvalue weighted by Crippen LogP contribution is -2.35. The zero-order valence-corrected chi connectivity index (χ0v) is 17.3. The predicted octanol–water partition coefficient (Wildman–Crippen LogP) is 4.36. The molecule has 0 radical (unpaired) electrons. The van der Waals surface area contributed by atoms with E-state index in [0.717, 1.165) is 22.4 Å². The van der Waals surface area contributed by atoms with Gasteiger partial charge in [-0.25, -0.2) is 0 Å².